The number of nitrogens with zero attached hydrogens (tertiary/aromatic N) is 2. The lowest BCUT2D eigenvalue weighted by Crippen LogP contribution is -2.55. The number of rotatable bonds is 12. The van der Waals surface area contributed by atoms with Gasteiger partial charge in [0, 0.05) is 25.4 Å². The lowest BCUT2D eigenvalue weighted by atomic mass is 9.88. The molecule has 3 aromatic carbocycles. The number of likely N-dealkylation sites (tertiary alicyclic amines) is 1. The van der Waals surface area contributed by atoms with Crippen LogP contribution in [-0.4, -0.2) is 72.0 Å². The number of hydrogen-bond donors (Lipinski definition) is 2. The van der Waals surface area contributed by atoms with Gasteiger partial charge in [0.05, 0.1) is 6.04 Å². The molecule has 0 aliphatic carbocycles. The second-order valence-corrected chi connectivity index (χ2v) is 18.6. The Labute approximate surface area is 289 Å². The normalized spacial score (nSPS) is 19.2. The highest BCUT2D eigenvalue weighted by molar-refractivity contribution is 8.21. The predicted octanol–water partition coefficient (Wildman–Crippen LogP) is 4.57. The monoisotopic (exact) mass is 686 g/mol. The molecule has 4 atom stereocenters. The van der Waals surface area contributed by atoms with Crippen molar-refractivity contribution in [2.24, 2.45) is 10.4 Å². The molecule has 0 aromatic heterocycles. The van der Waals surface area contributed by atoms with Gasteiger partial charge in [-0.15, -0.1) is 0 Å². The van der Waals surface area contributed by atoms with Gasteiger partial charge in [-0.2, -0.15) is 0 Å². The fraction of sp³-hybridized carbons (Fsp3) is 0.421. The first-order valence-corrected chi connectivity index (χ1v) is 19.8. The third-order valence-electron chi connectivity index (χ3n) is 9.18. The predicted molar refractivity (Wildman–Crippen MR) is 197 cm³/mol. The Balaban J connectivity index is 1.28. The van der Waals surface area contributed by atoms with Crippen molar-refractivity contribution in [1.82, 2.24) is 15.5 Å². The largest absolute Gasteiger partial charge is 0.477 e. The minimum atomic E-state index is -2.26. The molecular formula is C38H47N4O4PS. The van der Waals surface area contributed by atoms with E-state index in [0.29, 0.717) is 44.5 Å². The highest BCUT2D eigenvalue weighted by atomic mass is 32.4. The standard InChI is InChI=1S/C38H47N4O4PS/c1-27(37-41-33(26-46-37)38(2,3)4)39-35(44)31(25-28-15-8-5-9-16-28)40-36(45)32-21-14-23-42(32)34(43)22-24-47(48,29-17-10-6-11-18-29)30-19-12-7-13-20-30/h5-13,15-20,27,31-33H,14,21-26H2,1-4H3,(H,39,44)(H,40,45)/t27-,31+,32-,33+/m0/s1. The molecular weight excluding hydrogens is 639 g/mol. The zero-order valence-electron chi connectivity index (χ0n) is 28.3. The van der Waals surface area contributed by atoms with Crippen molar-refractivity contribution in [3.05, 3.63) is 96.6 Å². The second kappa shape index (κ2) is 15.6. The molecule has 48 heavy (non-hydrogen) atoms. The zero-order valence-corrected chi connectivity index (χ0v) is 30.0. The number of amides is 3. The van der Waals surface area contributed by atoms with E-state index in [0.717, 1.165) is 16.2 Å². The van der Waals surface area contributed by atoms with Crippen LogP contribution in [0.25, 0.3) is 0 Å². The number of hydrogen-bond acceptors (Lipinski definition) is 6. The smallest absolute Gasteiger partial charge is 0.243 e. The number of nitrogens with one attached hydrogen (secondary N) is 2. The van der Waals surface area contributed by atoms with Gasteiger partial charge in [-0.05, 0) is 47.5 Å². The Bertz CT molecular complexity index is 1600. The number of benzene rings is 3. The van der Waals surface area contributed by atoms with Crippen LogP contribution in [-0.2, 0) is 37.3 Å². The molecule has 3 aromatic rings. The van der Waals surface area contributed by atoms with Gasteiger partial charge in [-0.1, -0.05) is 124 Å². The van der Waals surface area contributed by atoms with Crippen LogP contribution >= 0.6 is 6.04 Å². The molecule has 0 saturated carbocycles. The lowest BCUT2D eigenvalue weighted by molar-refractivity contribution is -0.139. The van der Waals surface area contributed by atoms with Gasteiger partial charge in [0.1, 0.15) is 24.7 Å². The molecule has 0 unspecified atom stereocenters. The van der Waals surface area contributed by atoms with Crippen LogP contribution in [0.3, 0.4) is 0 Å². The van der Waals surface area contributed by atoms with E-state index in [1.807, 2.05) is 73.7 Å². The topological polar surface area (TPSA) is 100 Å². The summed E-state index contributed by atoms with van der Waals surface area (Å²) >= 11 is 6.35. The maximum atomic E-state index is 13.9. The molecule has 10 heteroatoms. The first-order valence-electron chi connectivity index (χ1n) is 16.8. The molecule has 0 bridgehead atoms. The summed E-state index contributed by atoms with van der Waals surface area (Å²) in [5, 5.41) is 8.16. The lowest BCUT2D eigenvalue weighted by Gasteiger charge is -2.28. The van der Waals surface area contributed by atoms with Crippen LogP contribution in [0, 0.1) is 5.41 Å². The molecule has 2 aliphatic rings. The number of aliphatic imine (C=N–C) groups is 1. The fourth-order valence-corrected chi connectivity index (χ4v) is 9.89. The molecule has 1 fully saturated rings. The molecule has 5 rings (SSSR count). The van der Waals surface area contributed by atoms with E-state index in [9.17, 15) is 14.4 Å². The number of carbonyl (C=O) groups is 3. The summed E-state index contributed by atoms with van der Waals surface area (Å²) in [6, 6.07) is 25.5. The summed E-state index contributed by atoms with van der Waals surface area (Å²) in [5.41, 5.74) is 0.858. The molecule has 8 nitrogen and oxygen atoms in total. The van der Waals surface area contributed by atoms with Crippen molar-refractivity contribution in [3.8, 4) is 0 Å². The fourth-order valence-electron chi connectivity index (χ4n) is 6.25. The highest BCUT2D eigenvalue weighted by Crippen LogP contribution is 2.44. The first kappa shape index (κ1) is 35.5. The van der Waals surface area contributed by atoms with E-state index in [1.54, 1.807) is 4.90 Å². The highest BCUT2D eigenvalue weighted by Gasteiger charge is 2.37. The van der Waals surface area contributed by atoms with Gasteiger partial charge in [-0.3, -0.25) is 14.4 Å². The summed E-state index contributed by atoms with van der Waals surface area (Å²) in [5.74, 6) is -0.242. The van der Waals surface area contributed by atoms with Gasteiger partial charge in [-0.25, -0.2) is 4.99 Å². The van der Waals surface area contributed by atoms with E-state index in [-0.39, 0.29) is 35.6 Å². The molecule has 0 radical (unpaired) electrons. The zero-order chi connectivity index (χ0) is 34.3. The van der Waals surface area contributed by atoms with Gasteiger partial charge in [0.15, 0.2) is 0 Å². The van der Waals surface area contributed by atoms with E-state index in [4.69, 9.17) is 21.5 Å². The molecule has 254 valence electrons. The second-order valence-electron chi connectivity index (χ2n) is 13.8. The third kappa shape index (κ3) is 8.61. The van der Waals surface area contributed by atoms with Gasteiger partial charge < -0.3 is 20.3 Å². The minimum Gasteiger partial charge on any atom is -0.477 e. The summed E-state index contributed by atoms with van der Waals surface area (Å²) in [6.45, 7) is 9.14. The van der Waals surface area contributed by atoms with Crippen molar-refractivity contribution in [3.63, 3.8) is 0 Å². The van der Waals surface area contributed by atoms with Crippen molar-refractivity contribution < 1.29 is 19.1 Å². The molecule has 2 heterocycles. The molecule has 2 aliphatic heterocycles. The summed E-state index contributed by atoms with van der Waals surface area (Å²) in [4.78, 5) is 47.8. The Morgan fingerprint density at radius 1 is 0.938 bits per heavy atom. The summed E-state index contributed by atoms with van der Waals surface area (Å²) in [6.07, 6.45) is 2.33. The van der Waals surface area contributed by atoms with Crippen LogP contribution < -0.4 is 21.2 Å². The van der Waals surface area contributed by atoms with Crippen LogP contribution in [0.1, 0.15) is 52.5 Å². The third-order valence-corrected chi connectivity index (χ3v) is 14.1. The Hall–Kier alpha value is -3.81. The maximum absolute atomic E-state index is 13.9. The van der Waals surface area contributed by atoms with E-state index >= 15 is 0 Å². The SMILES string of the molecule is C[C@H](NC(=O)[C@@H](Cc1ccccc1)NC(=O)[C@@H]1CCCN1C(=O)CCP(=S)(c1ccccc1)c1ccccc1)C1=N[C@@H](C(C)(C)C)CO1. The van der Waals surface area contributed by atoms with Crippen molar-refractivity contribution in [2.75, 3.05) is 19.3 Å². The molecule has 0 spiro atoms. The van der Waals surface area contributed by atoms with Crippen molar-refractivity contribution >= 4 is 52.1 Å². The maximum Gasteiger partial charge on any atom is 0.243 e. The number of ether oxygens (including phenoxy) is 1. The van der Waals surface area contributed by atoms with Crippen LogP contribution in [0.2, 0.25) is 0 Å². The van der Waals surface area contributed by atoms with Gasteiger partial charge >= 0.3 is 0 Å². The van der Waals surface area contributed by atoms with Crippen LogP contribution in [0.15, 0.2) is 96.0 Å². The minimum absolute atomic E-state index is 0.00547. The quantitative estimate of drug-likeness (QED) is 0.272. The molecule has 2 N–H and O–H groups in total. The first-order chi connectivity index (χ1) is 23.0. The van der Waals surface area contributed by atoms with Crippen LogP contribution in [0.4, 0.5) is 0 Å². The van der Waals surface area contributed by atoms with E-state index in [2.05, 4.69) is 55.7 Å². The van der Waals surface area contributed by atoms with E-state index < -0.39 is 24.2 Å². The molecule has 1 saturated heterocycles. The summed E-state index contributed by atoms with van der Waals surface area (Å²) < 4.78 is 5.86. The van der Waals surface area contributed by atoms with Crippen molar-refractivity contribution in [2.45, 2.75) is 77.5 Å². The van der Waals surface area contributed by atoms with Gasteiger partial charge in [0.25, 0.3) is 0 Å². The Kier molecular flexibility index (Phi) is 11.5. The van der Waals surface area contributed by atoms with Crippen molar-refractivity contribution in [1.29, 1.82) is 0 Å². The van der Waals surface area contributed by atoms with Crippen LogP contribution in [0.5, 0.6) is 0 Å². The van der Waals surface area contributed by atoms with Gasteiger partial charge in [0.2, 0.25) is 23.6 Å². The average Bonchev–Trinajstić information content (AvgIpc) is 3.80. The van der Waals surface area contributed by atoms with E-state index in [1.165, 1.54) is 0 Å². The summed E-state index contributed by atoms with van der Waals surface area (Å²) in [7, 11) is 0. The average molecular weight is 687 g/mol. The molecule has 3 amide bonds. The number of carbonyl (C=O) groups excluding carboxylic acids is 3. The Morgan fingerprint density at radius 2 is 1.52 bits per heavy atom. The Morgan fingerprint density at radius 3 is 2.08 bits per heavy atom.